The maximum absolute atomic E-state index is 13.2. The van der Waals surface area contributed by atoms with E-state index >= 15 is 0 Å². The van der Waals surface area contributed by atoms with Crippen molar-refractivity contribution in [2.24, 2.45) is 0 Å². The van der Waals surface area contributed by atoms with Gasteiger partial charge in [0, 0.05) is 7.05 Å². The summed E-state index contributed by atoms with van der Waals surface area (Å²) in [6.07, 6.45) is 0. The number of amides is 1. The molecule has 1 rings (SSSR count). The number of nitrogen functional groups attached to an aromatic ring is 1. The Morgan fingerprint density at radius 2 is 2.12 bits per heavy atom. The zero-order valence-corrected chi connectivity index (χ0v) is 10.2. The quantitative estimate of drug-likeness (QED) is 0.781. The average molecular weight is 240 g/mol. The Hall–Kier alpha value is -1.62. The van der Waals surface area contributed by atoms with Gasteiger partial charge in [0.1, 0.15) is 5.82 Å². The fourth-order valence-corrected chi connectivity index (χ4v) is 1.29. The standard InChI is InChI=1S/C12H17FN2O2/c1-12(2,7-16)15(3)11(17)8-5-4-6-9(13)10(8)14/h4-6,16H,7,14H2,1-3H3. The van der Waals surface area contributed by atoms with Gasteiger partial charge in [0.05, 0.1) is 23.4 Å². The van der Waals surface area contributed by atoms with E-state index in [1.54, 1.807) is 20.9 Å². The van der Waals surface area contributed by atoms with E-state index in [-0.39, 0.29) is 17.9 Å². The first-order valence-corrected chi connectivity index (χ1v) is 5.24. The van der Waals surface area contributed by atoms with Crippen molar-refractivity contribution in [1.29, 1.82) is 0 Å². The predicted molar refractivity (Wildman–Crippen MR) is 64.1 cm³/mol. The molecule has 1 aromatic rings. The number of rotatable bonds is 3. The molecular weight excluding hydrogens is 223 g/mol. The van der Waals surface area contributed by atoms with Gasteiger partial charge >= 0.3 is 0 Å². The second kappa shape index (κ2) is 4.71. The number of benzene rings is 1. The maximum atomic E-state index is 13.2. The molecule has 0 aromatic heterocycles. The number of aliphatic hydroxyl groups is 1. The second-order valence-electron chi connectivity index (χ2n) is 4.54. The van der Waals surface area contributed by atoms with Gasteiger partial charge in [-0.1, -0.05) is 6.07 Å². The molecule has 3 N–H and O–H groups in total. The monoisotopic (exact) mass is 240 g/mol. The summed E-state index contributed by atoms with van der Waals surface area (Å²) in [7, 11) is 1.54. The van der Waals surface area contributed by atoms with Crippen LogP contribution in [0.1, 0.15) is 24.2 Å². The highest BCUT2D eigenvalue weighted by Crippen LogP contribution is 2.21. The van der Waals surface area contributed by atoms with Crippen LogP contribution in [0, 0.1) is 5.82 Å². The Kier molecular flexibility index (Phi) is 3.72. The number of anilines is 1. The lowest BCUT2D eigenvalue weighted by Gasteiger charge is -2.34. The Balaban J connectivity index is 3.09. The van der Waals surface area contributed by atoms with E-state index in [0.29, 0.717) is 0 Å². The minimum atomic E-state index is -0.726. The van der Waals surface area contributed by atoms with E-state index < -0.39 is 17.3 Å². The molecule has 1 amide bonds. The van der Waals surface area contributed by atoms with Crippen molar-refractivity contribution < 1.29 is 14.3 Å². The fraction of sp³-hybridized carbons (Fsp3) is 0.417. The normalized spacial score (nSPS) is 11.4. The molecule has 94 valence electrons. The highest BCUT2D eigenvalue weighted by atomic mass is 19.1. The summed E-state index contributed by atoms with van der Waals surface area (Å²) in [4.78, 5) is 13.4. The van der Waals surface area contributed by atoms with Crippen LogP contribution in [-0.4, -0.2) is 35.1 Å². The molecule has 0 aliphatic heterocycles. The highest BCUT2D eigenvalue weighted by molar-refractivity contribution is 5.99. The molecule has 0 aliphatic rings. The van der Waals surface area contributed by atoms with Crippen molar-refractivity contribution in [3.63, 3.8) is 0 Å². The number of hydrogen-bond acceptors (Lipinski definition) is 3. The van der Waals surface area contributed by atoms with E-state index in [2.05, 4.69) is 0 Å². The molecule has 0 spiro atoms. The third-order valence-corrected chi connectivity index (χ3v) is 2.88. The summed E-state index contributed by atoms with van der Waals surface area (Å²) in [5.74, 6) is -1.04. The molecule has 0 heterocycles. The molecule has 5 heteroatoms. The van der Waals surface area contributed by atoms with Gasteiger partial charge in [-0.05, 0) is 26.0 Å². The molecule has 0 bridgehead atoms. The van der Waals surface area contributed by atoms with Gasteiger partial charge < -0.3 is 15.7 Å². The highest BCUT2D eigenvalue weighted by Gasteiger charge is 2.28. The van der Waals surface area contributed by atoms with E-state index in [1.165, 1.54) is 23.1 Å². The van der Waals surface area contributed by atoms with Crippen LogP contribution in [0.4, 0.5) is 10.1 Å². The largest absolute Gasteiger partial charge is 0.396 e. The predicted octanol–water partition coefficient (Wildman–Crippen LogP) is 1.25. The van der Waals surface area contributed by atoms with Crippen LogP contribution >= 0.6 is 0 Å². The number of carbonyl (C=O) groups excluding carboxylic acids is 1. The molecule has 0 atom stereocenters. The number of halogens is 1. The summed E-state index contributed by atoms with van der Waals surface area (Å²) in [5, 5.41) is 9.18. The SMILES string of the molecule is CN(C(=O)c1cccc(F)c1N)C(C)(C)CO. The van der Waals surface area contributed by atoms with Gasteiger partial charge in [0.2, 0.25) is 0 Å². The molecule has 0 saturated heterocycles. The van der Waals surface area contributed by atoms with Gasteiger partial charge in [0.15, 0.2) is 0 Å². The van der Waals surface area contributed by atoms with Crippen LogP contribution in [0.25, 0.3) is 0 Å². The van der Waals surface area contributed by atoms with E-state index in [4.69, 9.17) is 5.73 Å². The maximum Gasteiger partial charge on any atom is 0.256 e. The first-order valence-electron chi connectivity index (χ1n) is 5.24. The lowest BCUT2D eigenvalue weighted by atomic mass is 10.0. The summed E-state index contributed by atoms with van der Waals surface area (Å²) >= 11 is 0. The first-order chi connectivity index (χ1) is 7.81. The summed E-state index contributed by atoms with van der Waals surface area (Å²) in [5.41, 5.74) is 4.73. The molecular formula is C12H17FN2O2. The molecule has 1 aromatic carbocycles. The van der Waals surface area contributed by atoms with Crippen LogP contribution in [-0.2, 0) is 0 Å². The Labute approximate surface area is 99.8 Å². The van der Waals surface area contributed by atoms with Gasteiger partial charge in [0.25, 0.3) is 5.91 Å². The van der Waals surface area contributed by atoms with Crippen molar-refractivity contribution in [3.05, 3.63) is 29.6 Å². The number of likely N-dealkylation sites (N-methyl/N-ethyl adjacent to an activating group) is 1. The fourth-order valence-electron chi connectivity index (χ4n) is 1.29. The third kappa shape index (κ3) is 2.55. The van der Waals surface area contributed by atoms with Crippen LogP contribution in [0.3, 0.4) is 0 Å². The van der Waals surface area contributed by atoms with E-state index in [9.17, 15) is 14.3 Å². The molecule has 0 saturated carbocycles. The number of para-hydroxylation sites is 1. The van der Waals surface area contributed by atoms with Gasteiger partial charge in [-0.15, -0.1) is 0 Å². The molecule has 0 fully saturated rings. The summed E-state index contributed by atoms with van der Waals surface area (Å²) in [6, 6.07) is 4.09. The van der Waals surface area contributed by atoms with Crippen molar-refractivity contribution in [2.45, 2.75) is 19.4 Å². The van der Waals surface area contributed by atoms with Crippen molar-refractivity contribution in [1.82, 2.24) is 4.90 Å². The Morgan fingerprint density at radius 1 is 1.53 bits per heavy atom. The minimum Gasteiger partial charge on any atom is -0.396 e. The molecule has 0 aliphatic carbocycles. The van der Waals surface area contributed by atoms with Crippen LogP contribution in [0.15, 0.2) is 18.2 Å². The third-order valence-electron chi connectivity index (χ3n) is 2.88. The Bertz CT molecular complexity index is 433. The molecule has 0 radical (unpaired) electrons. The average Bonchev–Trinajstić information content (AvgIpc) is 2.30. The summed E-state index contributed by atoms with van der Waals surface area (Å²) in [6.45, 7) is 3.23. The van der Waals surface area contributed by atoms with E-state index in [0.717, 1.165) is 0 Å². The minimum absolute atomic E-state index is 0.106. The van der Waals surface area contributed by atoms with Gasteiger partial charge in [-0.3, -0.25) is 4.79 Å². The number of hydrogen-bond donors (Lipinski definition) is 2. The van der Waals surface area contributed by atoms with E-state index in [1.807, 2.05) is 0 Å². The smallest absolute Gasteiger partial charge is 0.256 e. The van der Waals surface area contributed by atoms with Gasteiger partial charge in [-0.25, -0.2) is 4.39 Å². The van der Waals surface area contributed by atoms with Crippen LogP contribution in [0.5, 0.6) is 0 Å². The van der Waals surface area contributed by atoms with Gasteiger partial charge in [-0.2, -0.15) is 0 Å². The first kappa shape index (κ1) is 13.4. The van der Waals surface area contributed by atoms with Crippen molar-refractivity contribution in [3.8, 4) is 0 Å². The lowest BCUT2D eigenvalue weighted by Crippen LogP contribution is -2.47. The number of nitrogens with zero attached hydrogens (tertiary/aromatic N) is 1. The van der Waals surface area contributed by atoms with Crippen LogP contribution in [0.2, 0.25) is 0 Å². The number of carbonyl (C=O) groups is 1. The van der Waals surface area contributed by atoms with Crippen molar-refractivity contribution >= 4 is 11.6 Å². The zero-order chi connectivity index (χ0) is 13.2. The molecule has 4 nitrogen and oxygen atoms in total. The Morgan fingerprint density at radius 3 is 2.65 bits per heavy atom. The summed E-state index contributed by atoms with van der Waals surface area (Å²) < 4.78 is 13.2. The zero-order valence-electron chi connectivity index (χ0n) is 10.2. The molecule has 17 heavy (non-hydrogen) atoms. The second-order valence-corrected chi connectivity index (χ2v) is 4.54. The van der Waals surface area contributed by atoms with Crippen LogP contribution < -0.4 is 5.73 Å². The number of nitrogens with two attached hydrogens (primary N) is 1. The van der Waals surface area contributed by atoms with Crippen molar-refractivity contribution in [2.75, 3.05) is 19.4 Å². The number of aliphatic hydroxyl groups excluding tert-OH is 1. The molecule has 0 unspecified atom stereocenters. The topological polar surface area (TPSA) is 66.6 Å². The lowest BCUT2D eigenvalue weighted by molar-refractivity contribution is 0.0474.